The average molecular weight is 431 g/mol. The van der Waals surface area contributed by atoms with Crippen molar-refractivity contribution in [3.63, 3.8) is 0 Å². The fraction of sp³-hybridized carbons (Fsp3) is 0.238. The van der Waals surface area contributed by atoms with E-state index in [0.717, 1.165) is 33.3 Å². The second-order valence-electron chi connectivity index (χ2n) is 6.51. The summed E-state index contributed by atoms with van der Waals surface area (Å²) in [6.07, 6.45) is 0. The number of aromatic nitrogens is 2. The van der Waals surface area contributed by atoms with Gasteiger partial charge in [-0.2, -0.15) is 5.10 Å². The van der Waals surface area contributed by atoms with Crippen LogP contribution < -0.4 is 20.1 Å². The molecule has 29 heavy (non-hydrogen) atoms. The number of nitrogens with zero attached hydrogens (tertiary/aromatic N) is 2. The maximum absolute atomic E-state index is 5.97. The van der Waals surface area contributed by atoms with Crippen molar-refractivity contribution in [3.8, 4) is 11.5 Å². The lowest BCUT2D eigenvalue weighted by Crippen LogP contribution is -2.20. The minimum absolute atomic E-state index is 0.456. The molecule has 0 atom stereocenters. The van der Waals surface area contributed by atoms with Gasteiger partial charge in [0.2, 0.25) is 0 Å². The van der Waals surface area contributed by atoms with Gasteiger partial charge < -0.3 is 20.1 Å². The molecule has 1 aromatic heterocycles. The van der Waals surface area contributed by atoms with Crippen molar-refractivity contribution >= 4 is 40.3 Å². The normalized spacial score (nSPS) is 10.5. The van der Waals surface area contributed by atoms with Crippen molar-refractivity contribution in [2.75, 3.05) is 24.9 Å². The SMILES string of the molecule is COc1cc(NC(=S)Nc2c(C)nn(Cc3ccc(Cl)cc3)c2C)cc(OC)c1. The molecule has 0 amide bonds. The van der Waals surface area contributed by atoms with Gasteiger partial charge in [0.15, 0.2) is 5.11 Å². The molecule has 0 aliphatic heterocycles. The highest BCUT2D eigenvalue weighted by Gasteiger charge is 2.14. The number of methoxy groups -OCH3 is 2. The molecule has 3 rings (SSSR count). The van der Waals surface area contributed by atoms with Crippen LogP contribution in [0.4, 0.5) is 11.4 Å². The Bertz CT molecular complexity index is 996. The minimum Gasteiger partial charge on any atom is -0.497 e. The Labute approximate surface area is 180 Å². The van der Waals surface area contributed by atoms with E-state index in [1.807, 2.05) is 54.9 Å². The maximum Gasteiger partial charge on any atom is 0.175 e. The number of anilines is 2. The van der Waals surface area contributed by atoms with Crippen LogP contribution in [0.1, 0.15) is 17.0 Å². The van der Waals surface area contributed by atoms with Crippen molar-refractivity contribution in [2.45, 2.75) is 20.4 Å². The molecule has 6 nitrogen and oxygen atoms in total. The van der Waals surface area contributed by atoms with Gasteiger partial charge in [-0.3, -0.25) is 4.68 Å². The van der Waals surface area contributed by atoms with E-state index in [1.54, 1.807) is 20.3 Å². The Hall–Kier alpha value is -2.77. The Morgan fingerprint density at radius 1 is 1.03 bits per heavy atom. The largest absolute Gasteiger partial charge is 0.497 e. The van der Waals surface area contributed by atoms with E-state index in [2.05, 4.69) is 15.7 Å². The number of benzene rings is 2. The molecule has 2 N–H and O–H groups in total. The summed E-state index contributed by atoms with van der Waals surface area (Å²) in [6, 6.07) is 13.2. The first-order chi connectivity index (χ1) is 13.9. The zero-order valence-electron chi connectivity index (χ0n) is 16.7. The Kier molecular flexibility index (Phi) is 6.61. The molecule has 0 saturated heterocycles. The summed E-state index contributed by atoms with van der Waals surface area (Å²) in [4.78, 5) is 0. The van der Waals surface area contributed by atoms with Gasteiger partial charge in [-0.05, 0) is 43.8 Å². The first-order valence-electron chi connectivity index (χ1n) is 8.99. The lowest BCUT2D eigenvalue weighted by Gasteiger charge is -2.13. The Balaban J connectivity index is 1.74. The molecule has 8 heteroatoms. The number of halogens is 1. The van der Waals surface area contributed by atoms with Crippen molar-refractivity contribution < 1.29 is 9.47 Å². The Morgan fingerprint density at radius 2 is 1.66 bits per heavy atom. The molecule has 0 fully saturated rings. The molecular weight excluding hydrogens is 408 g/mol. The zero-order valence-corrected chi connectivity index (χ0v) is 18.3. The average Bonchev–Trinajstić information content (AvgIpc) is 2.96. The van der Waals surface area contributed by atoms with Gasteiger partial charge in [0, 0.05) is 28.9 Å². The van der Waals surface area contributed by atoms with E-state index in [9.17, 15) is 0 Å². The molecule has 1 heterocycles. The molecule has 0 bridgehead atoms. The predicted octanol–water partition coefficient (Wildman–Crippen LogP) is 5.03. The first kappa shape index (κ1) is 21.0. The Morgan fingerprint density at radius 3 is 2.24 bits per heavy atom. The van der Waals surface area contributed by atoms with Gasteiger partial charge in [-0.25, -0.2) is 0 Å². The van der Waals surface area contributed by atoms with Crippen LogP contribution in [0.2, 0.25) is 5.02 Å². The van der Waals surface area contributed by atoms with Crippen molar-refractivity contribution in [2.24, 2.45) is 0 Å². The molecule has 0 saturated carbocycles. The molecule has 152 valence electrons. The van der Waals surface area contributed by atoms with Crippen LogP contribution >= 0.6 is 23.8 Å². The van der Waals surface area contributed by atoms with Crippen molar-refractivity contribution in [1.82, 2.24) is 9.78 Å². The highest BCUT2D eigenvalue weighted by atomic mass is 35.5. The summed E-state index contributed by atoms with van der Waals surface area (Å²) < 4.78 is 12.5. The van der Waals surface area contributed by atoms with Gasteiger partial charge in [-0.1, -0.05) is 23.7 Å². The quantitative estimate of drug-likeness (QED) is 0.535. The number of nitrogens with one attached hydrogen (secondary N) is 2. The monoisotopic (exact) mass is 430 g/mol. The third-order valence-electron chi connectivity index (χ3n) is 4.47. The van der Waals surface area contributed by atoms with Gasteiger partial charge in [0.05, 0.1) is 37.8 Å². The van der Waals surface area contributed by atoms with Gasteiger partial charge in [0.1, 0.15) is 11.5 Å². The highest BCUT2D eigenvalue weighted by molar-refractivity contribution is 7.80. The standard InChI is InChI=1S/C21H23ClN4O2S/c1-13-20(14(2)26(25-13)12-15-5-7-16(22)8-6-15)24-21(29)23-17-9-18(27-3)11-19(10-17)28-4/h5-11H,12H2,1-4H3,(H2,23,24,29). The van der Waals surface area contributed by atoms with E-state index in [-0.39, 0.29) is 0 Å². The molecule has 0 aliphatic carbocycles. The smallest absolute Gasteiger partial charge is 0.175 e. The summed E-state index contributed by atoms with van der Waals surface area (Å²) in [6.45, 7) is 4.61. The molecule has 0 spiro atoms. The number of thiocarbonyl (C=S) groups is 1. The highest BCUT2D eigenvalue weighted by Crippen LogP contribution is 2.26. The summed E-state index contributed by atoms with van der Waals surface area (Å²) in [5.41, 5.74) is 4.62. The second kappa shape index (κ2) is 9.15. The van der Waals surface area contributed by atoms with Crippen LogP contribution in [0.15, 0.2) is 42.5 Å². The zero-order chi connectivity index (χ0) is 21.0. The minimum atomic E-state index is 0.456. The van der Waals surface area contributed by atoms with Gasteiger partial charge in [0.25, 0.3) is 0 Å². The van der Waals surface area contributed by atoms with E-state index < -0.39 is 0 Å². The van der Waals surface area contributed by atoms with Crippen molar-refractivity contribution in [1.29, 1.82) is 0 Å². The summed E-state index contributed by atoms with van der Waals surface area (Å²) in [5, 5.41) is 12.2. The molecular formula is C21H23ClN4O2S. The first-order valence-corrected chi connectivity index (χ1v) is 9.77. The molecule has 2 aromatic carbocycles. The fourth-order valence-electron chi connectivity index (χ4n) is 2.95. The summed E-state index contributed by atoms with van der Waals surface area (Å²) >= 11 is 11.5. The van der Waals surface area contributed by atoms with Crippen LogP contribution in [0.3, 0.4) is 0 Å². The molecule has 0 unspecified atom stereocenters. The third kappa shape index (κ3) is 5.19. The van der Waals surface area contributed by atoms with Crippen LogP contribution in [0.5, 0.6) is 11.5 Å². The van der Waals surface area contributed by atoms with Crippen LogP contribution in [0, 0.1) is 13.8 Å². The van der Waals surface area contributed by atoms with Crippen LogP contribution in [-0.4, -0.2) is 29.1 Å². The predicted molar refractivity (Wildman–Crippen MR) is 122 cm³/mol. The number of ether oxygens (including phenoxy) is 2. The topological polar surface area (TPSA) is 60.3 Å². The molecule has 3 aromatic rings. The number of hydrogen-bond acceptors (Lipinski definition) is 4. The van der Waals surface area contributed by atoms with E-state index >= 15 is 0 Å². The number of rotatable bonds is 6. The number of aryl methyl sites for hydroxylation is 1. The lowest BCUT2D eigenvalue weighted by atomic mass is 10.2. The maximum atomic E-state index is 5.97. The third-order valence-corrected chi connectivity index (χ3v) is 4.93. The molecule has 0 radical (unpaired) electrons. The lowest BCUT2D eigenvalue weighted by molar-refractivity contribution is 0.395. The number of hydrogen-bond donors (Lipinski definition) is 2. The van der Waals surface area contributed by atoms with Gasteiger partial charge >= 0.3 is 0 Å². The molecule has 0 aliphatic rings. The summed E-state index contributed by atoms with van der Waals surface area (Å²) in [5.74, 6) is 1.36. The van der Waals surface area contributed by atoms with Crippen molar-refractivity contribution in [3.05, 3.63) is 64.4 Å². The van der Waals surface area contributed by atoms with E-state index in [1.165, 1.54) is 0 Å². The van der Waals surface area contributed by atoms with E-state index in [4.69, 9.17) is 33.3 Å². The fourth-order valence-corrected chi connectivity index (χ4v) is 3.30. The van der Waals surface area contributed by atoms with Gasteiger partial charge in [-0.15, -0.1) is 0 Å². The summed E-state index contributed by atoms with van der Waals surface area (Å²) in [7, 11) is 3.22. The van der Waals surface area contributed by atoms with Crippen LogP contribution in [-0.2, 0) is 6.54 Å². The second-order valence-corrected chi connectivity index (χ2v) is 7.36. The van der Waals surface area contributed by atoms with E-state index in [0.29, 0.717) is 23.2 Å². The van der Waals surface area contributed by atoms with Crippen LogP contribution in [0.25, 0.3) is 0 Å².